The molecule has 0 aromatic carbocycles. The molecule has 1 heterocycles. The zero-order chi connectivity index (χ0) is 13.0. The number of allylic oxidation sites excluding steroid dienone is 1. The van der Waals surface area contributed by atoms with Gasteiger partial charge in [0.15, 0.2) is 5.83 Å². The molecule has 0 fully saturated rings. The predicted molar refractivity (Wildman–Crippen MR) is 62.4 cm³/mol. The molecule has 1 aromatic rings. The predicted octanol–water partition coefficient (Wildman–Crippen LogP) is 1.23. The van der Waals surface area contributed by atoms with E-state index >= 15 is 0 Å². The van der Waals surface area contributed by atoms with E-state index in [4.69, 9.17) is 10.5 Å². The maximum absolute atomic E-state index is 13.5. The number of nitrogens with zero attached hydrogens (tertiary/aromatic N) is 2. The summed E-state index contributed by atoms with van der Waals surface area (Å²) in [5.74, 6) is -1.59. The number of ketones is 1. The van der Waals surface area contributed by atoms with Crippen LogP contribution in [0.4, 0.5) is 10.1 Å². The number of hydrogen-bond donors (Lipinski definition) is 1. The van der Waals surface area contributed by atoms with Crippen molar-refractivity contribution in [1.82, 2.24) is 9.88 Å². The average molecular weight is 239 g/mol. The van der Waals surface area contributed by atoms with Gasteiger partial charge in [-0.25, -0.2) is 9.37 Å². The fraction of sp³-hybridized carbons (Fsp3) is 0.273. The van der Waals surface area contributed by atoms with E-state index in [2.05, 4.69) is 4.98 Å². The van der Waals surface area contributed by atoms with Gasteiger partial charge >= 0.3 is 0 Å². The molecule has 0 unspecified atom stereocenters. The third-order valence-electron chi connectivity index (χ3n) is 1.91. The number of aromatic nitrogens is 1. The summed E-state index contributed by atoms with van der Waals surface area (Å²) in [7, 11) is 4.61. The highest BCUT2D eigenvalue weighted by atomic mass is 19.1. The molecule has 0 radical (unpaired) electrons. The molecule has 2 N–H and O–H groups in total. The maximum Gasteiger partial charge on any atom is 0.243 e. The standard InChI is InChI=1S/C11H14FN3O2/c1-15(2)6-7(12)11(16)10-8(13)4-5-9(14-10)17-3/h4-6H,13H2,1-3H3/b7-6-. The van der Waals surface area contributed by atoms with Gasteiger partial charge in [-0.2, -0.15) is 0 Å². The van der Waals surface area contributed by atoms with E-state index in [1.165, 1.54) is 24.1 Å². The first-order chi connectivity index (χ1) is 7.95. The number of nitrogens with two attached hydrogens (primary N) is 1. The first-order valence-corrected chi connectivity index (χ1v) is 4.84. The smallest absolute Gasteiger partial charge is 0.243 e. The highest BCUT2D eigenvalue weighted by molar-refractivity contribution is 6.08. The van der Waals surface area contributed by atoms with Crippen molar-refractivity contribution < 1.29 is 13.9 Å². The molecule has 6 heteroatoms. The number of carbonyl (C=O) groups is 1. The van der Waals surface area contributed by atoms with Crippen LogP contribution >= 0.6 is 0 Å². The van der Waals surface area contributed by atoms with E-state index in [9.17, 15) is 9.18 Å². The Morgan fingerprint density at radius 3 is 2.71 bits per heavy atom. The monoisotopic (exact) mass is 239 g/mol. The van der Waals surface area contributed by atoms with Gasteiger partial charge in [-0.3, -0.25) is 4.79 Å². The number of anilines is 1. The summed E-state index contributed by atoms with van der Waals surface area (Å²) in [6.45, 7) is 0. The summed E-state index contributed by atoms with van der Waals surface area (Å²) in [5, 5.41) is 0. The van der Waals surface area contributed by atoms with Gasteiger partial charge in [0, 0.05) is 26.4 Å². The molecule has 0 saturated heterocycles. The normalized spacial score (nSPS) is 11.2. The van der Waals surface area contributed by atoms with E-state index in [0.29, 0.717) is 0 Å². The molecular weight excluding hydrogens is 225 g/mol. The van der Waals surface area contributed by atoms with Crippen LogP contribution in [0, 0.1) is 0 Å². The SMILES string of the molecule is COc1ccc(N)c(C(=O)/C(F)=C/N(C)C)n1. The Hall–Kier alpha value is -2.11. The first kappa shape index (κ1) is 13.0. The number of carbonyl (C=O) groups excluding carboxylic acids is 1. The Morgan fingerprint density at radius 2 is 2.18 bits per heavy atom. The molecule has 5 nitrogen and oxygen atoms in total. The number of pyridine rings is 1. The Labute approximate surface area is 98.7 Å². The van der Waals surface area contributed by atoms with Gasteiger partial charge in [0.1, 0.15) is 5.69 Å². The lowest BCUT2D eigenvalue weighted by atomic mass is 10.2. The lowest BCUT2D eigenvalue weighted by molar-refractivity contribution is 0.0997. The van der Waals surface area contributed by atoms with Crippen LogP contribution in [0.5, 0.6) is 5.88 Å². The lowest BCUT2D eigenvalue weighted by Gasteiger charge is -2.07. The van der Waals surface area contributed by atoms with Crippen molar-refractivity contribution >= 4 is 11.5 Å². The summed E-state index contributed by atoms with van der Waals surface area (Å²) in [6, 6.07) is 2.95. The summed E-state index contributed by atoms with van der Waals surface area (Å²) < 4.78 is 18.3. The maximum atomic E-state index is 13.5. The van der Waals surface area contributed by atoms with Crippen LogP contribution < -0.4 is 10.5 Å². The minimum atomic E-state index is -0.928. The van der Waals surface area contributed by atoms with Gasteiger partial charge in [0.2, 0.25) is 11.7 Å². The third-order valence-corrected chi connectivity index (χ3v) is 1.91. The number of Topliss-reactive ketones (excluding diaryl/α,β-unsaturated/α-hetero) is 1. The molecule has 0 aliphatic heterocycles. The molecular formula is C11H14FN3O2. The van der Waals surface area contributed by atoms with Gasteiger partial charge in [0.25, 0.3) is 0 Å². The molecule has 0 amide bonds. The summed E-state index contributed by atoms with van der Waals surface area (Å²) in [4.78, 5) is 16.9. The molecule has 17 heavy (non-hydrogen) atoms. The molecule has 1 aromatic heterocycles. The fourth-order valence-electron chi connectivity index (χ4n) is 1.15. The fourth-order valence-corrected chi connectivity index (χ4v) is 1.15. The number of rotatable bonds is 4. The van der Waals surface area contributed by atoms with Crippen molar-refractivity contribution in [2.45, 2.75) is 0 Å². The van der Waals surface area contributed by atoms with Gasteiger partial charge in [-0.15, -0.1) is 0 Å². The molecule has 92 valence electrons. The number of ether oxygens (including phenoxy) is 1. The van der Waals surface area contributed by atoms with Gasteiger partial charge < -0.3 is 15.4 Å². The molecule has 1 rings (SSSR count). The Morgan fingerprint density at radius 1 is 1.53 bits per heavy atom. The molecule has 0 aliphatic rings. The van der Waals surface area contributed by atoms with Crippen LogP contribution in [0.2, 0.25) is 0 Å². The van der Waals surface area contributed by atoms with Crippen molar-refractivity contribution in [2.75, 3.05) is 26.9 Å². The van der Waals surface area contributed by atoms with E-state index in [1.54, 1.807) is 14.1 Å². The highest BCUT2D eigenvalue weighted by Gasteiger charge is 2.18. The second-order valence-electron chi connectivity index (χ2n) is 3.56. The zero-order valence-electron chi connectivity index (χ0n) is 9.90. The third kappa shape index (κ3) is 3.17. The lowest BCUT2D eigenvalue weighted by Crippen LogP contribution is -2.11. The van der Waals surface area contributed by atoms with Gasteiger partial charge in [-0.05, 0) is 6.07 Å². The quantitative estimate of drug-likeness (QED) is 0.632. The van der Waals surface area contributed by atoms with Crippen molar-refractivity contribution in [3.05, 3.63) is 29.9 Å². The van der Waals surface area contributed by atoms with Gasteiger partial charge in [0.05, 0.1) is 12.8 Å². The van der Waals surface area contributed by atoms with E-state index < -0.39 is 11.6 Å². The van der Waals surface area contributed by atoms with E-state index in [0.717, 1.165) is 6.20 Å². The highest BCUT2D eigenvalue weighted by Crippen LogP contribution is 2.18. The van der Waals surface area contributed by atoms with Crippen LogP contribution in [0.3, 0.4) is 0 Å². The van der Waals surface area contributed by atoms with Crippen LogP contribution in [0.25, 0.3) is 0 Å². The largest absolute Gasteiger partial charge is 0.481 e. The Bertz CT molecular complexity index is 458. The second kappa shape index (κ2) is 5.29. The topological polar surface area (TPSA) is 68.5 Å². The van der Waals surface area contributed by atoms with Gasteiger partial charge in [-0.1, -0.05) is 0 Å². The van der Waals surface area contributed by atoms with Crippen molar-refractivity contribution in [3.63, 3.8) is 0 Å². The summed E-state index contributed by atoms with van der Waals surface area (Å²) >= 11 is 0. The minimum Gasteiger partial charge on any atom is -0.481 e. The molecule has 0 bridgehead atoms. The van der Waals surface area contributed by atoms with Crippen LogP contribution in [-0.4, -0.2) is 36.9 Å². The zero-order valence-corrected chi connectivity index (χ0v) is 9.90. The minimum absolute atomic E-state index is 0.109. The second-order valence-corrected chi connectivity index (χ2v) is 3.56. The van der Waals surface area contributed by atoms with Crippen molar-refractivity contribution in [3.8, 4) is 5.88 Å². The molecule has 0 atom stereocenters. The Balaban J connectivity index is 3.11. The van der Waals surface area contributed by atoms with E-state index in [1.807, 2.05) is 0 Å². The molecule has 0 aliphatic carbocycles. The summed E-state index contributed by atoms with van der Waals surface area (Å²) in [5.41, 5.74) is 5.52. The van der Waals surface area contributed by atoms with Crippen LogP contribution in [-0.2, 0) is 0 Å². The number of halogens is 1. The number of nitrogen functional groups attached to an aromatic ring is 1. The number of methoxy groups -OCH3 is 1. The Kier molecular flexibility index (Phi) is 4.03. The average Bonchev–Trinajstić information content (AvgIpc) is 2.28. The van der Waals surface area contributed by atoms with E-state index in [-0.39, 0.29) is 17.3 Å². The molecule has 0 spiro atoms. The van der Waals surface area contributed by atoms with Crippen molar-refractivity contribution in [1.29, 1.82) is 0 Å². The van der Waals surface area contributed by atoms with Crippen molar-refractivity contribution in [2.24, 2.45) is 0 Å². The number of hydrogen-bond acceptors (Lipinski definition) is 5. The molecule has 0 saturated carbocycles. The first-order valence-electron chi connectivity index (χ1n) is 4.84. The summed E-state index contributed by atoms with van der Waals surface area (Å²) in [6.07, 6.45) is 1.06. The van der Waals surface area contributed by atoms with Crippen LogP contribution in [0.1, 0.15) is 10.5 Å². The van der Waals surface area contributed by atoms with Crippen LogP contribution in [0.15, 0.2) is 24.2 Å².